The molecule has 0 aliphatic carbocycles. The summed E-state index contributed by atoms with van der Waals surface area (Å²) in [7, 11) is -3.27. The van der Waals surface area contributed by atoms with E-state index in [-0.39, 0.29) is 0 Å². The second kappa shape index (κ2) is 8.41. The number of imidazole rings is 1. The van der Waals surface area contributed by atoms with Crippen molar-refractivity contribution in [3.8, 4) is 11.1 Å². The number of sulfonamides is 1. The van der Waals surface area contributed by atoms with Crippen LogP contribution >= 0.6 is 0 Å². The average Bonchev–Trinajstić information content (AvgIpc) is 3.14. The molecule has 0 fully saturated rings. The lowest BCUT2D eigenvalue weighted by atomic mass is 9.89. The van der Waals surface area contributed by atoms with Crippen molar-refractivity contribution in [1.29, 1.82) is 0 Å². The Hall–Kier alpha value is -3.16. The molecule has 32 heavy (non-hydrogen) atoms. The molecule has 0 saturated heterocycles. The molecule has 0 atom stereocenters. The molecule has 1 aromatic heterocycles. The Morgan fingerprint density at radius 3 is 2.41 bits per heavy atom. The standard InChI is InChI=1S/C25H27N3O3S/c1-25(2,29)21-7-5-4-6-20(21)18-11-14-22-23(16-18)27-24(26-22)15-10-17-8-12-19(13-9-17)28-32(3,30)31/h4-9,11-14,16,28-29H,10,15H2,1-3H3,(H,26,27). The number of nitrogens with zero attached hydrogens (tertiary/aromatic N) is 1. The molecule has 3 aromatic carbocycles. The van der Waals surface area contributed by atoms with E-state index in [9.17, 15) is 13.5 Å². The first-order valence-electron chi connectivity index (χ1n) is 10.5. The highest BCUT2D eigenvalue weighted by Crippen LogP contribution is 2.32. The fourth-order valence-corrected chi connectivity index (χ4v) is 4.39. The highest BCUT2D eigenvalue weighted by molar-refractivity contribution is 7.92. The summed E-state index contributed by atoms with van der Waals surface area (Å²) in [5.41, 5.74) is 5.46. The van der Waals surface area contributed by atoms with Crippen molar-refractivity contribution in [1.82, 2.24) is 9.97 Å². The minimum Gasteiger partial charge on any atom is -0.386 e. The molecule has 4 rings (SSSR count). The fraction of sp³-hybridized carbons (Fsp3) is 0.240. The summed E-state index contributed by atoms with van der Waals surface area (Å²) in [5, 5.41) is 10.5. The van der Waals surface area contributed by atoms with Gasteiger partial charge in [0.15, 0.2) is 0 Å². The number of H-pyrrole nitrogens is 1. The number of hydrogen-bond acceptors (Lipinski definition) is 4. The number of aliphatic hydroxyl groups is 1. The molecule has 0 unspecified atom stereocenters. The van der Waals surface area contributed by atoms with Gasteiger partial charge in [-0.25, -0.2) is 13.4 Å². The van der Waals surface area contributed by atoms with E-state index in [1.165, 1.54) is 0 Å². The fourth-order valence-electron chi connectivity index (χ4n) is 3.83. The van der Waals surface area contributed by atoms with Crippen LogP contribution in [0.15, 0.2) is 66.7 Å². The predicted molar refractivity (Wildman–Crippen MR) is 129 cm³/mol. The molecule has 6 nitrogen and oxygen atoms in total. The van der Waals surface area contributed by atoms with E-state index >= 15 is 0 Å². The van der Waals surface area contributed by atoms with Gasteiger partial charge in [0.05, 0.1) is 22.9 Å². The molecule has 0 amide bonds. The van der Waals surface area contributed by atoms with Crippen LogP contribution in [0.2, 0.25) is 0 Å². The minimum atomic E-state index is -3.27. The summed E-state index contributed by atoms with van der Waals surface area (Å²) >= 11 is 0. The van der Waals surface area contributed by atoms with Gasteiger partial charge in [0, 0.05) is 12.1 Å². The van der Waals surface area contributed by atoms with Crippen molar-refractivity contribution < 1.29 is 13.5 Å². The second-order valence-corrected chi connectivity index (χ2v) is 10.3. The normalized spacial score (nSPS) is 12.2. The lowest BCUT2D eigenvalue weighted by Crippen LogP contribution is -2.16. The maximum atomic E-state index is 11.3. The molecule has 3 N–H and O–H groups in total. The van der Waals surface area contributed by atoms with Crippen LogP contribution in [0.25, 0.3) is 22.2 Å². The number of aryl methyl sites for hydroxylation is 2. The molecule has 1 heterocycles. The van der Waals surface area contributed by atoms with E-state index in [2.05, 4.69) is 9.71 Å². The summed E-state index contributed by atoms with van der Waals surface area (Å²) in [6.07, 6.45) is 2.66. The molecule has 0 radical (unpaired) electrons. The number of anilines is 1. The lowest BCUT2D eigenvalue weighted by molar-refractivity contribution is 0.0792. The van der Waals surface area contributed by atoms with Crippen LogP contribution in [0.3, 0.4) is 0 Å². The van der Waals surface area contributed by atoms with Gasteiger partial charge >= 0.3 is 0 Å². The Bertz CT molecular complexity index is 1350. The first-order chi connectivity index (χ1) is 15.1. The monoisotopic (exact) mass is 449 g/mol. The largest absolute Gasteiger partial charge is 0.386 e. The Kier molecular flexibility index (Phi) is 5.79. The van der Waals surface area contributed by atoms with Crippen LogP contribution in [-0.2, 0) is 28.5 Å². The van der Waals surface area contributed by atoms with Crippen LogP contribution in [0.1, 0.15) is 30.8 Å². The smallest absolute Gasteiger partial charge is 0.229 e. The quantitative estimate of drug-likeness (QED) is 0.384. The van der Waals surface area contributed by atoms with Crippen LogP contribution in [0.5, 0.6) is 0 Å². The zero-order chi connectivity index (χ0) is 22.9. The van der Waals surface area contributed by atoms with E-state index < -0.39 is 15.6 Å². The van der Waals surface area contributed by atoms with E-state index in [1.807, 2.05) is 54.6 Å². The van der Waals surface area contributed by atoms with Crippen molar-refractivity contribution in [2.24, 2.45) is 0 Å². The third-order valence-electron chi connectivity index (χ3n) is 5.34. The Labute approximate surface area is 188 Å². The highest BCUT2D eigenvalue weighted by Gasteiger charge is 2.20. The molecule has 0 spiro atoms. The van der Waals surface area contributed by atoms with Gasteiger partial charge in [0.1, 0.15) is 5.82 Å². The first kappa shape index (κ1) is 22.0. The van der Waals surface area contributed by atoms with E-state index in [1.54, 1.807) is 26.0 Å². The van der Waals surface area contributed by atoms with Crippen molar-refractivity contribution in [3.63, 3.8) is 0 Å². The molecule has 7 heteroatoms. The minimum absolute atomic E-state index is 0.554. The molecular formula is C25H27N3O3S. The third kappa shape index (κ3) is 5.18. The van der Waals surface area contributed by atoms with Gasteiger partial charge in [-0.3, -0.25) is 4.72 Å². The van der Waals surface area contributed by atoms with Crippen molar-refractivity contribution in [2.75, 3.05) is 11.0 Å². The summed E-state index contributed by atoms with van der Waals surface area (Å²) < 4.78 is 25.1. The number of nitrogens with one attached hydrogen (secondary N) is 2. The highest BCUT2D eigenvalue weighted by atomic mass is 32.2. The Morgan fingerprint density at radius 1 is 1.00 bits per heavy atom. The van der Waals surface area contributed by atoms with Gasteiger partial charge < -0.3 is 10.1 Å². The first-order valence-corrected chi connectivity index (χ1v) is 12.4. The van der Waals surface area contributed by atoms with Crippen molar-refractivity contribution >= 4 is 26.7 Å². The van der Waals surface area contributed by atoms with Gasteiger partial charge in [-0.2, -0.15) is 0 Å². The Morgan fingerprint density at radius 2 is 1.72 bits per heavy atom. The second-order valence-electron chi connectivity index (χ2n) is 8.59. The summed E-state index contributed by atoms with van der Waals surface area (Å²) in [6, 6.07) is 21.4. The SMILES string of the molecule is CC(C)(O)c1ccccc1-c1ccc2[nH]c(CCc3ccc(NS(C)(=O)=O)cc3)nc2c1. The zero-order valence-corrected chi connectivity index (χ0v) is 19.2. The number of hydrogen-bond donors (Lipinski definition) is 3. The molecule has 0 saturated carbocycles. The summed E-state index contributed by atoms with van der Waals surface area (Å²) in [4.78, 5) is 8.14. The van der Waals surface area contributed by atoms with E-state index in [0.29, 0.717) is 5.69 Å². The number of benzene rings is 3. The third-order valence-corrected chi connectivity index (χ3v) is 5.94. The maximum Gasteiger partial charge on any atom is 0.229 e. The molecule has 166 valence electrons. The maximum absolute atomic E-state index is 11.3. The summed E-state index contributed by atoms with van der Waals surface area (Å²) in [6.45, 7) is 3.58. The molecule has 0 aliphatic heterocycles. The van der Waals surface area contributed by atoms with Gasteiger partial charge in [-0.15, -0.1) is 0 Å². The van der Waals surface area contributed by atoms with E-state index in [0.717, 1.165) is 58.2 Å². The van der Waals surface area contributed by atoms with Gasteiger partial charge in [-0.05, 0) is 66.8 Å². The number of fused-ring (bicyclic) bond motifs is 1. The lowest BCUT2D eigenvalue weighted by Gasteiger charge is -2.21. The number of rotatable bonds is 7. The van der Waals surface area contributed by atoms with E-state index in [4.69, 9.17) is 4.98 Å². The van der Waals surface area contributed by atoms with Crippen LogP contribution < -0.4 is 4.72 Å². The number of aromatic nitrogens is 2. The van der Waals surface area contributed by atoms with Gasteiger partial charge in [0.25, 0.3) is 0 Å². The van der Waals surface area contributed by atoms with Crippen LogP contribution in [0, 0.1) is 0 Å². The average molecular weight is 450 g/mol. The van der Waals surface area contributed by atoms with Crippen molar-refractivity contribution in [2.45, 2.75) is 32.3 Å². The zero-order valence-electron chi connectivity index (χ0n) is 18.4. The van der Waals surface area contributed by atoms with Gasteiger partial charge in [0.2, 0.25) is 10.0 Å². The predicted octanol–water partition coefficient (Wildman–Crippen LogP) is 4.61. The van der Waals surface area contributed by atoms with Crippen LogP contribution in [-0.4, -0.2) is 29.7 Å². The molecule has 4 aromatic rings. The molecule has 0 bridgehead atoms. The van der Waals surface area contributed by atoms with Crippen LogP contribution in [0.4, 0.5) is 5.69 Å². The van der Waals surface area contributed by atoms with Gasteiger partial charge in [-0.1, -0.05) is 42.5 Å². The summed E-state index contributed by atoms with van der Waals surface area (Å²) in [5.74, 6) is 0.895. The topological polar surface area (TPSA) is 95.1 Å². The molecular weight excluding hydrogens is 422 g/mol. The molecule has 0 aliphatic rings. The number of aromatic amines is 1. The Balaban J connectivity index is 1.52. The van der Waals surface area contributed by atoms with Crippen molar-refractivity contribution in [3.05, 3.63) is 83.7 Å².